The van der Waals surface area contributed by atoms with Crippen molar-refractivity contribution in [1.82, 2.24) is 0 Å². The summed E-state index contributed by atoms with van der Waals surface area (Å²) < 4.78 is 10.4. The monoisotopic (exact) mass is 1710 g/mol. The zero-order valence-electron chi connectivity index (χ0n) is 66.9. The van der Waals surface area contributed by atoms with Crippen molar-refractivity contribution < 1.29 is 14.3 Å². The molecule has 1 aliphatic carbocycles. The molecule has 0 amide bonds. The molecule has 1 saturated carbocycles. The maximum Gasteiger partial charge on any atom is 0.308 e. The summed E-state index contributed by atoms with van der Waals surface area (Å²) in [6.07, 6.45) is 6.93. The lowest BCUT2D eigenvalue weighted by Gasteiger charge is -2.22. The highest BCUT2D eigenvalue weighted by molar-refractivity contribution is 7.99. The summed E-state index contributed by atoms with van der Waals surface area (Å²) in [5.41, 5.74) is 1.54. The minimum Gasteiger partial charge on any atom is -0.497 e. The maximum absolute atomic E-state index is 11.1. The van der Waals surface area contributed by atoms with Crippen molar-refractivity contribution in [2.75, 3.05) is 7.11 Å². The second kappa shape index (κ2) is 44.8. The van der Waals surface area contributed by atoms with E-state index in [1.807, 2.05) is 72.8 Å². The van der Waals surface area contributed by atoms with Gasteiger partial charge in [-0.05, 0) is 284 Å². The number of carbonyl (C=O) groups is 1. The van der Waals surface area contributed by atoms with Gasteiger partial charge in [-0.1, -0.05) is 260 Å². The molecule has 0 atom stereocenters. The Balaban J connectivity index is 0.000000123. The number of halogens is 2. The number of hydrogen-bond donors (Lipinski definition) is 0. The first kappa shape index (κ1) is 85.4. The van der Waals surface area contributed by atoms with Crippen LogP contribution in [0.4, 0.5) is 0 Å². The van der Waals surface area contributed by atoms with Crippen molar-refractivity contribution in [3.05, 3.63) is 477 Å². The summed E-state index contributed by atoms with van der Waals surface area (Å²) >= 11 is 13.9. The van der Waals surface area contributed by atoms with Crippen molar-refractivity contribution >= 4 is 106 Å². The predicted molar refractivity (Wildman–Crippen MR) is 509 cm³/mol. The third-order valence-corrected chi connectivity index (χ3v) is 32.5. The number of benzene rings is 17. The molecular formula is C109H93Cl2O3S6+5. The van der Waals surface area contributed by atoms with Gasteiger partial charge < -0.3 is 9.47 Å². The van der Waals surface area contributed by atoms with E-state index < -0.39 is 0 Å². The lowest BCUT2D eigenvalue weighted by Crippen LogP contribution is -2.07. The van der Waals surface area contributed by atoms with Crippen LogP contribution in [0.3, 0.4) is 0 Å². The van der Waals surface area contributed by atoms with Crippen LogP contribution in [0.1, 0.15) is 50.5 Å². The van der Waals surface area contributed by atoms with Crippen LogP contribution in [0.5, 0.6) is 11.5 Å². The van der Waals surface area contributed by atoms with Gasteiger partial charge in [-0.15, -0.1) is 0 Å². The van der Waals surface area contributed by atoms with Gasteiger partial charge in [-0.2, -0.15) is 0 Å². The smallest absolute Gasteiger partial charge is 0.308 e. The van der Waals surface area contributed by atoms with Crippen LogP contribution in [0.2, 0.25) is 10.0 Å². The molecule has 17 aromatic carbocycles. The Bertz CT molecular complexity index is 5670. The van der Waals surface area contributed by atoms with Gasteiger partial charge in [0, 0.05) is 32.1 Å². The van der Waals surface area contributed by atoms with E-state index in [0.717, 1.165) is 21.7 Å². The molecule has 11 heteroatoms. The summed E-state index contributed by atoms with van der Waals surface area (Å²) in [6, 6.07) is 162. The van der Waals surface area contributed by atoms with E-state index in [-0.39, 0.29) is 60.4 Å². The second-order valence-electron chi connectivity index (χ2n) is 28.0. The van der Waals surface area contributed by atoms with Gasteiger partial charge in [0.2, 0.25) is 0 Å². The molecule has 0 heterocycles. The van der Waals surface area contributed by atoms with Gasteiger partial charge in [0.1, 0.15) is 11.5 Å². The molecule has 0 radical (unpaired) electrons. The van der Waals surface area contributed by atoms with Gasteiger partial charge >= 0.3 is 5.97 Å². The standard InChI is InChI=1S/C24H19S2.C24H25S.C22H17S.C20H17O2S.C19H15Cl2OS/c1-4-10-20(11-5-1)25-21-16-18-24(19-17-21)26(22-12-6-2-7-13-22)23-14-8-3-9-15-23;1-4-10-20(11-5-1)21-16-18-24(19-17-21)25(22-12-6-2-7-13-22)23-14-8-3-9-15-23;1-3-12-19(13-4-1)23(20-14-5-2-6-15-20)22-17-9-11-18-10-7-8-16-21(18)22;1-16(21)22-17-12-14-20(15-13-17)23(18-8-4-2-5-9-18)19-10-6-3-7-11-19;1-22-16-6-12-19(13-7-16)23(17-8-2-14(20)3-9-17)18-10-4-15(21)5-11-18/h1-19H;2-3,6-9,12-20H,1,4-5,10-11H2;1-17H;2-15H,1H3;2-13H,1H3/q5*+1. The molecule has 1 fully saturated rings. The van der Waals surface area contributed by atoms with E-state index in [1.165, 1.54) is 139 Å². The number of ether oxygens (including phenoxy) is 2. The Morgan fingerprint density at radius 2 is 0.542 bits per heavy atom. The highest BCUT2D eigenvalue weighted by Gasteiger charge is 2.34. The molecule has 0 unspecified atom stereocenters. The Kier molecular flexibility index (Phi) is 31.9. The first-order valence-corrected chi connectivity index (χ1v) is 47.8. The summed E-state index contributed by atoms with van der Waals surface area (Å²) in [5, 5.41) is 4.12. The molecule has 0 spiro atoms. The van der Waals surface area contributed by atoms with Crippen molar-refractivity contribution in [2.24, 2.45) is 0 Å². The molecule has 0 N–H and O–H groups in total. The second-order valence-corrected chi connectivity index (χ2v) is 40.1. The zero-order chi connectivity index (χ0) is 82.3. The fourth-order valence-electron chi connectivity index (χ4n) is 14.1. The number of hydrogen-bond acceptors (Lipinski definition) is 4. The molecule has 3 nitrogen and oxygen atoms in total. The molecule has 120 heavy (non-hydrogen) atoms. The average Bonchev–Trinajstić information content (AvgIpc) is 0.794. The first-order valence-electron chi connectivity index (χ1n) is 40.1. The van der Waals surface area contributed by atoms with Gasteiger partial charge in [-0.25, -0.2) is 0 Å². The van der Waals surface area contributed by atoms with Crippen LogP contribution in [0, 0.1) is 0 Å². The fraction of sp³-hybridized carbons (Fsp3) is 0.0734. The topological polar surface area (TPSA) is 35.5 Å². The van der Waals surface area contributed by atoms with Crippen LogP contribution in [-0.4, -0.2) is 13.1 Å². The highest BCUT2D eigenvalue weighted by atomic mass is 35.5. The molecule has 0 aliphatic heterocycles. The molecule has 592 valence electrons. The van der Waals surface area contributed by atoms with E-state index in [2.05, 4.69) is 388 Å². The summed E-state index contributed by atoms with van der Waals surface area (Å²) in [4.78, 5) is 33.3. The molecule has 0 saturated heterocycles. The van der Waals surface area contributed by atoms with Crippen molar-refractivity contribution in [2.45, 2.75) is 128 Å². The van der Waals surface area contributed by atoms with Gasteiger partial charge in [0.15, 0.2) is 73.4 Å². The largest absolute Gasteiger partial charge is 0.497 e. The Labute approximate surface area is 737 Å². The van der Waals surface area contributed by atoms with Crippen LogP contribution < -0.4 is 9.47 Å². The number of esters is 1. The SMILES string of the molecule is CC(=O)Oc1ccc([S+](c2ccccc2)c2ccccc2)cc1.COc1ccc([S+](c2ccc(Cl)cc2)c2ccc(Cl)cc2)cc1.c1ccc(Sc2ccc([S+](c3ccccc3)c3ccccc3)cc2)cc1.c1ccc([S+](c2ccccc2)c2ccc(C3CCCCC3)cc2)cc1.c1ccc([S+](c2ccccc2)c2cccc3ccccc23)cc1. The van der Waals surface area contributed by atoms with E-state index >= 15 is 0 Å². The summed E-state index contributed by atoms with van der Waals surface area (Å²) in [5.74, 6) is 1.90. The zero-order valence-corrected chi connectivity index (χ0v) is 73.3. The van der Waals surface area contributed by atoms with Gasteiger partial charge in [0.25, 0.3) is 0 Å². The fourth-order valence-corrected chi connectivity index (χ4v) is 25.7. The molecule has 0 bridgehead atoms. The number of rotatable bonds is 20. The third kappa shape index (κ3) is 23.9. The van der Waals surface area contributed by atoms with Crippen molar-refractivity contribution in [3.8, 4) is 11.5 Å². The number of carbonyl (C=O) groups excluding carboxylic acids is 1. The lowest BCUT2D eigenvalue weighted by atomic mass is 9.84. The molecular weight excluding hydrogens is 1620 g/mol. The van der Waals surface area contributed by atoms with E-state index in [0.29, 0.717) is 5.75 Å². The minimum absolute atomic E-state index is 0.0278. The number of fused-ring (bicyclic) bond motifs is 1. The first-order chi connectivity index (χ1) is 59.2. The molecule has 17 aromatic rings. The summed E-state index contributed by atoms with van der Waals surface area (Å²) in [6.45, 7) is 1.41. The maximum atomic E-state index is 11.1. The van der Waals surface area contributed by atoms with Gasteiger partial charge in [-0.3, -0.25) is 4.79 Å². The quantitative estimate of drug-likeness (QED) is 0.0433. The normalized spacial score (nSPS) is 11.7. The van der Waals surface area contributed by atoms with Crippen molar-refractivity contribution in [3.63, 3.8) is 0 Å². The number of methoxy groups -OCH3 is 1. The Morgan fingerprint density at radius 3 is 0.883 bits per heavy atom. The van der Waals surface area contributed by atoms with E-state index in [1.54, 1.807) is 18.9 Å². The third-order valence-electron chi connectivity index (χ3n) is 19.7. The van der Waals surface area contributed by atoms with E-state index in [4.69, 9.17) is 32.7 Å². The Hall–Kier alpha value is -11.1. The average molecular weight is 1710 g/mol. The molecule has 1 aliphatic rings. The Morgan fingerprint density at radius 1 is 0.275 bits per heavy atom. The summed E-state index contributed by atoms with van der Waals surface area (Å²) in [7, 11) is 1.09. The molecule has 0 aromatic heterocycles. The van der Waals surface area contributed by atoms with Gasteiger partial charge in [0.05, 0.1) is 61.6 Å². The van der Waals surface area contributed by atoms with E-state index in [9.17, 15) is 4.79 Å². The van der Waals surface area contributed by atoms with Crippen LogP contribution in [-0.2, 0) is 59.3 Å². The predicted octanol–water partition coefficient (Wildman–Crippen LogP) is 30.5. The van der Waals surface area contributed by atoms with Crippen LogP contribution in [0.25, 0.3) is 10.8 Å². The minimum atomic E-state index is -0.303. The van der Waals surface area contributed by atoms with Crippen LogP contribution >= 0.6 is 35.0 Å². The lowest BCUT2D eigenvalue weighted by molar-refractivity contribution is -0.131. The molecule has 18 rings (SSSR count). The van der Waals surface area contributed by atoms with Crippen molar-refractivity contribution in [1.29, 1.82) is 0 Å². The van der Waals surface area contributed by atoms with Crippen LogP contribution in [0.15, 0.2) is 544 Å². The highest BCUT2D eigenvalue weighted by Crippen LogP contribution is 2.41.